The van der Waals surface area contributed by atoms with Crippen LogP contribution < -0.4 is 11.5 Å². The lowest BCUT2D eigenvalue weighted by molar-refractivity contribution is -0.133. The van der Waals surface area contributed by atoms with Crippen LogP contribution in [-0.4, -0.2) is 99.5 Å². The first-order chi connectivity index (χ1) is 11.9. The van der Waals surface area contributed by atoms with E-state index in [1.807, 2.05) is 0 Å². The lowest BCUT2D eigenvalue weighted by Gasteiger charge is -2.25. The van der Waals surface area contributed by atoms with Gasteiger partial charge in [-0.15, -0.1) is 0 Å². The van der Waals surface area contributed by atoms with Crippen LogP contribution in [0.1, 0.15) is 13.8 Å². The molecule has 0 saturated carbocycles. The van der Waals surface area contributed by atoms with E-state index in [-0.39, 0.29) is 11.8 Å². The normalized spacial score (nSPS) is 21.8. The number of rotatable bonds is 2. The molecule has 1 aliphatic rings. The molecule has 2 amide bonds. The fraction of sp³-hybridized carbons (Fsp3) is 0.875. The molecule has 4 N–H and O–H groups in total. The summed E-state index contributed by atoms with van der Waals surface area (Å²) in [4.78, 5) is 27.5. The van der Waals surface area contributed by atoms with E-state index in [1.165, 1.54) is 0 Å². The van der Waals surface area contributed by atoms with Crippen LogP contribution in [0, 0.1) is 0 Å². The van der Waals surface area contributed by atoms with Crippen molar-refractivity contribution in [3.8, 4) is 0 Å². The molecule has 0 spiro atoms. The Morgan fingerprint density at radius 3 is 1.24 bits per heavy atom. The Morgan fingerprint density at radius 1 is 0.680 bits per heavy atom. The number of nitrogens with zero attached hydrogens (tertiary/aromatic N) is 2. The molecule has 2 atom stereocenters. The van der Waals surface area contributed by atoms with Gasteiger partial charge in [0.25, 0.3) is 0 Å². The maximum absolute atomic E-state index is 12.1. The number of carbonyl (C=O) groups excluding carboxylic acids is 2. The topological polar surface area (TPSA) is 120 Å². The number of hydrogen-bond acceptors (Lipinski definition) is 7. The van der Waals surface area contributed by atoms with Crippen LogP contribution >= 0.6 is 0 Å². The monoisotopic (exact) mass is 360 g/mol. The molecule has 146 valence electrons. The van der Waals surface area contributed by atoms with Crippen molar-refractivity contribution in [3.63, 3.8) is 0 Å². The maximum Gasteiger partial charge on any atom is 0.239 e. The highest BCUT2D eigenvalue weighted by molar-refractivity contribution is 5.81. The average Bonchev–Trinajstić information content (AvgIpc) is 2.58. The standard InChI is InChI=1S/C16H32N4O5/c1-13(17)15(21)19-3-7-23-8-4-20(16(22)14(2)18)6-10-25-12-11-24-9-5-19/h13-14H,3-12,17-18H2,1-2H3. The quantitative estimate of drug-likeness (QED) is 0.608. The van der Waals surface area contributed by atoms with Crippen LogP contribution in [0.2, 0.25) is 0 Å². The zero-order chi connectivity index (χ0) is 18.7. The fourth-order valence-electron chi connectivity index (χ4n) is 2.36. The number of nitrogens with two attached hydrogens (primary N) is 2. The molecule has 1 heterocycles. The first-order valence-electron chi connectivity index (χ1n) is 8.75. The van der Waals surface area contributed by atoms with Gasteiger partial charge in [-0.2, -0.15) is 0 Å². The molecule has 0 aliphatic carbocycles. The van der Waals surface area contributed by atoms with Gasteiger partial charge in [0.2, 0.25) is 11.8 Å². The highest BCUT2D eigenvalue weighted by atomic mass is 16.5. The number of ether oxygens (including phenoxy) is 3. The zero-order valence-electron chi connectivity index (χ0n) is 15.3. The Balaban J connectivity index is 2.58. The van der Waals surface area contributed by atoms with Gasteiger partial charge < -0.3 is 35.5 Å². The third kappa shape index (κ3) is 8.59. The number of amides is 2. The smallest absolute Gasteiger partial charge is 0.239 e. The number of carbonyl (C=O) groups is 2. The molecule has 9 nitrogen and oxygen atoms in total. The van der Waals surface area contributed by atoms with E-state index < -0.39 is 12.1 Å². The van der Waals surface area contributed by atoms with E-state index in [1.54, 1.807) is 23.6 Å². The van der Waals surface area contributed by atoms with Gasteiger partial charge in [-0.3, -0.25) is 9.59 Å². The molecule has 0 aromatic carbocycles. The third-order valence-electron chi connectivity index (χ3n) is 3.80. The van der Waals surface area contributed by atoms with Gasteiger partial charge in [-0.25, -0.2) is 0 Å². The lowest BCUT2D eigenvalue weighted by Crippen LogP contribution is -2.46. The summed E-state index contributed by atoms with van der Waals surface area (Å²) in [7, 11) is 0. The first-order valence-corrected chi connectivity index (χ1v) is 8.75. The highest BCUT2D eigenvalue weighted by Gasteiger charge is 2.19. The van der Waals surface area contributed by atoms with E-state index in [0.717, 1.165) is 0 Å². The van der Waals surface area contributed by atoms with Gasteiger partial charge in [0.05, 0.1) is 51.7 Å². The Hall–Kier alpha value is -1.26. The molecule has 1 saturated heterocycles. The molecule has 2 unspecified atom stereocenters. The summed E-state index contributed by atoms with van der Waals surface area (Å²) in [5.74, 6) is -0.275. The fourth-order valence-corrected chi connectivity index (χ4v) is 2.36. The summed E-state index contributed by atoms with van der Waals surface area (Å²) in [5, 5.41) is 0. The van der Waals surface area contributed by atoms with Crippen molar-refractivity contribution >= 4 is 11.8 Å². The van der Waals surface area contributed by atoms with Crippen LogP contribution in [0.25, 0.3) is 0 Å². The summed E-state index contributed by atoms with van der Waals surface area (Å²) in [5.41, 5.74) is 11.4. The molecule has 0 aromatic rings. The third-order valence-corrected chi connectivity index (χ3v) is 3.80. The molecule has 1 aliphatic heterocycles. The van der Waals surface area contributed by atoms with Crippen molar-refractivity contribution in [2.24, 2.45) is 11.5 Å². The molecule has 9 heteroatoms. The first kappa shape index (κ1) is 21.8. The van der Waals surface area contributed by atoms with Gasteiger partial charge in [0.1, 0.15) is 0 Å². The van der Waals surface area contributed by atoms with Crippen LogP contribution in [0.15, 0.2) is 0 Å². The summed E-state index contributed by atoms with van der Waals surface area (Å²) in [6.07, 6.45) is 0. The zero-order valence-corrected chi connectivity index (χ0v) is 15.3. The molecule has 0 radical (unpaired) electrons. The number of hydrogen-bond donors (Lipinski definition) is 2. The summed E-state index contributed by atoms with van der Waals surface area (Å²) in [6, 6.07) is -1.13. The summed E-state index contributed by atoms with van der Waals surface area (Å²) < 4.78 is 16.5. The van der Waals surface area contributed by atoms with Crippen LogP contribution in [0.5, 0.6) is 0 Å². The van der Waals surface area contributed by atoms with Crippen molar-refractivity contribution in [1.29, 1.82) is 0 Å². The minimum atomic E-state index is -0.565. The van der Waals surface area contributed by atoms with E-state index in [0.29, 0.717) is 65.8 Å². The Bertz CT molecular complexity index is 370. The van der Waals surface area contributed by atoms with Crippen LogP contribution in [-0.2, 0) is 23.8 Å². The van der Waals surface area contributed by atoms with Crippen molar-refractivity contribution in [1.82, 2.24) is 9.80 Å². The SMILES string of the molecule is CC(N)C(=O)N1CCOCCOCCN(C(=O)C(C)N)CCOCC1. The van der Waals surface area contributed by atoms with E-state index in [9.17, 15) is 9.59 Å². The second-order valence-corrected chi connectivity index (χ2v) is 6.07. The van der Waals surface area contributed by atoms with Crippen molar-refractivity contribution in [3.05, 3.63) is 0 Å². The van der Waals surface area contributed by atoms with E-state index >= 15 is 0 Å². The predicted octanol–water partition coefficient (Wildman–Crippen LogP) is -1.60. The molecular formula is C16H32N4O5. The van der Waals surface area contributed by atoms with Crippen molar-refractivity contribution in [2.45, 2.75) is 25.9 Å². The molecular weight excluding hydrogens is 328 g/mol. The molecule has 1 rings (SSSR count). The summed E-state index contributed by atoms with van der Waals surface area (Å²) in [6.45, 7) is 7.52. The molecule has 0 bridgehead atoms. The van der Waals surface area contributed by atoms with Gasteiger partial charge in [0, 0.05) is 26.2 Å². The predicted molar refractivity (Wildman–Crippen MR) is 92.9 cm³/mol. The largest absolute Gasteiger partial charge is 0.378 e. The van der Waals surface area contributed by atoms with E-state index in [2.05, 4.69) is 0 Å². The molecule has 1 fully saturated rings. The maximum atomic E-state index is 12.1. The van der Waals surface area contributed by atoms with Crippen molar-refractivity contribution in [2.75, 3.05) is 65.8 Å². The second kappa shape index (κ2) is 12.2. The summed E-state index contributed by atoms with van der Waals surface area (Å²) >= 11 is 0. The van der Waals surface area contributed by atoms with Crippen molar-refractivity contribution < 1.29 is 23.8 Å². The highest BCUT2D eigenvalue weighted by Crippen LogP contribution is 1.98. The lowest BCUT2D eigenvalue weighted by atomic mass is 10.3. The Kier molecular flexibility index (Phi) is 10.6. The Labute approximate surface area is 149 Å². The Morgan fingerprint density at radius 2 is 0.960 bits per heavy atom. The minimum absolute atomic E-state index is 0.137. The van der Waals surface area contributed by atoms with Gasteiger partial charge in [-0.1, -0.05) is 0 Å². The van der Waals surface area contributed by atoms with E-state index in [4.69, 9.17) is 25.7 Å². The molecule has 0 aromatic heterocycles. The minimum Gasteiger partial charge on any atom is -0.378 e. The van der Waals surface area contributed by atoms with Crippen LogP contribution in [0.4, 0.5) is 0 Å². The van der Waals surface area contributed by atoms with Gasteiger partial charge in [-0.05, 0) is 13.8 Å². The van der Waals surface area contributed by atoms with Crippen LogP contribution in [0.3, 0.4) is 0 Å². The average molecular weight is 360 g/mol. The van der Waals surface area contributed by atoms with Gasteiger partial charge in [0.15, 0.2) is 0 Å². The second-order valence-electron chi connectivity index (χ2n) is 6.07. The van der Waals surface area contributed by atoms with Gasteiger partial charge >= 0.3 is 0 Å². The molecule has 25 heavy (non-hydrogen) atoms.